The second-order valence-corrected chi connectivity index (χ2v) is 13.6. The second kappa shape index (κ2) is 12.7. The summed E-state index contributed by atoms with van der Waals surface area (Å²) in [7, 11) is -3.40. The average molecular weight is 543 g/mol. The molecule has 1 aromatic heterocycles. The van der Waals surface area contributed by atoms with E-state index in [1.807, 2.05) is 51.1 Å². The third kappa shape index (κ3) is 8.86. The number of hydrogen-bond donors (Lipinski definition) is 3. The Hall–Kier alpha value is -1.46. The first-order valence-electron chi connectivity index (χ1n) is 11.4. The van der Waals surface area contributed by atoms with E-state index in [1.165, 1.54) is 28.6 Å². The van der Waals surface area contributed by atoms with E-state index < -0.39 is 24.8 Å². The zero-order chi connectivity index (χ0) is 25.5. The van der Waals surface area contributed by atoms with Gasteiger partial charge < -0.3 is 0 Å². The zero-order valence-corrected chi connectivity index (χ0v) is 22.7. The minimum Gasteiger partial charge on any atom is -0.288 e. The Labute approximate surface area is 214 Å². The highest BCUT2D eigenvalue weighted by Crippen LogP contribution is 2.54. The molecule has 0 radical (unpaired) electrons. The zero-order valence-electron chi connectivity index (χ0n) is 20.1. The molecule has 0 amide bonds. The van der Waals surface area contributed by atoms with E-state index in [-0.39, 0.29) is 29.0 Å². The first-order chi connectivity index (χ1) is 16.6. The van der Waals surface area contributed by atoms with Crippen LogP contribution in [0.3, 0.4) is 0 Å². The van der Waals surface area contributed by atoms with Crippen molar-refractivity contribution in [3.05, 3.63) is 69.0 Å². The van der Waals surface area contributed by atoms with Crippen LogP contribution in [0.5, 0.6) is 0 Å². The number of nitrogens with zero attached hydrogens (tertiary/aromatic N) is 1. The number of benzene rings is 1. The van der Waals surface area contributed by atoms with Crippen molar-refractivity contribution in [3.8, 4) is 0 Å². The van der Waals surface area contributed by atoms with Gasteiger partial charge in [-0.05, 0) is 18.4 Å². The number of H-pyrrole nitrogens is 1. The van der Waals surface area contributed by atoms with Gasteiger partial charge in [0.05, 0.1) is 11.9 Å². The molecule has 3 N–H and O–H groups in total. The number of aromatic nitrogens is 2. The molecule has 3 unspecified atom stereocenters. The molecule has 1 saturated heterocycles. The summed E-state index contributed by atoms with van der Waals surface area (Å²) in [6, 6.07) is 11.0. The monoisotopic (exact) mass is 542 g/mol. The van der Waals surface area contributed by atoms with E-state index in [0.717, 1.165) is 18.4 Å². The van der Waals surface area contributed by atoms with Crippen LogP contribution in [-0.2, 0) is 20.4 Å². The van der Waals surface area contributed by atoms with Gasteiger partial charge in [-0.3, -0.25) is 19.1 Å². The summed E-state index contributed by atoms with van der Waals surface area (Å²) < 4.78 is 13.2. The highest BCUT2D eigenvalue weighted by atomic mass is 32.2. The number of rotatable bonds is 11. The summed E-state index contributed by atoms with van der Waals surface area (Å²) in [6.45, 7) is 6.36. The fraction of sp³-hybridized carbons (Fsp3) is 0.522. The molecule has 3 rings (SSSR count). The molecule has 0 spiro atoms. The van der Waals surface area contributed by atoms with Gasteiger partial charge in [0.15, 0.2) is 5.12 Å². The van der Waals surface area contributed by atoms with Crippen molar-refractivity contribution >= 4 is 36.7 Å². The number of carbonyl (C=O) groups excluding carboxylic acids is 1. The van der Waals surface area contributed by atoms with Gasteiger partial charge in [-0.15, -0.1) is 16.8 Å². The lowest BCUT2D eigenvalue weighted by Gasteiger charge is -2.20. The van der Waals surface area contributed by atoms with Crippen LogP contribution >= 0.6 is 31.6 Å². The van der Waals surface area contributed by atoms with Gasteiger partial charge in [0, 0.05) is 28.7 Å². The van der Waals surface area contributed by atoms with Crippen LogP contribution in [0.4, 0.5) is 0 Å². The Bertz CT molecular complexity index is 1090. The number of aromatic amines is 1. The lowest BCUT2D eigenvalue weighted by atomic mass is 10.00. The molecule has 2 aromatic rings. The first-order valence-corrected chi connectivity index (χ1v) is 14.9. The molecule has 12 heteroatoms. The molecular weight excluding hydrogens is 509 g/mol. The molecule has 1 aliphatic heterocycles. The van der Waals surface area contributed by atoms with Crippen molar-refractivity contribution in [1.82, 2.24) is 14.6 Å². The first kappa shape index (κ1) is 28.1. The average Bonchev–Trinajstić information content (AvgIpc) is 3.28. The smallest absolute Gasteiger partial charge is 0.288 e. The number of nitrogens with one attached hydrogen (secondary N) is 2. The molecule has 0 bridgehead atoms. The van der Waals surface area contributed by atoms with E-state index in [2.05, 4.69) is 10.1 Å². The number of carbonyl (C=O) groups is 1. The molecule has 35 heavy (non-hydrogen) atoms. The minimum absolute atomic E-state index is 0.0457. The SMILES string of the molecule is CC(C)(C)C(=O)SCCO[P+](O)(NCc1ccccc1)OCC1CCC(n2ccc(=O)[nH]c2=O)S1. The van der Waals surface area contributed by atoms with Gasteiger partial charge in [0.2, 0.25) is 0 Å². The van der Waals surface area contributed by atoms with E-state index in [1.54, 1.807) is 11.8 Å². The van der Waals surface area contributed by atoms with E-state index >= 15 is 0 Å². The fourth-order valence-corrected chi connectivity index (χ4v) is 7.08. The summed E-state index contributed by atoms with van der Waals surface area (Å²) in [6.07, 6.45) is 3.04. The van der Waals surface area contributed by atoms with E-state index in [4.69, 9.17) is 9.05 Å². The maximum atomic E-state index is 12.2. The van der Waals surface area contributed by atoms with Gasteiger partial charge >= 0.3 is 13.8 Å². The van der Waals surface area contributed by atoms with Crippen molar-refractivity contribution in [2.24, 2.45) is 5.41 Å². The summed E-state index contributed by atoms with van der Waals surface area (Å²) in [5, 5.41) is 3.03. The Kier molecular flexibility index (Phi) is 10.2. The summed E-state index contributed by atoms with van der Waals surface area (Å²) in [5.41, 5.74) is -0.325. The molecule has 0 aliphatic carbocycles. The van der Waals surface area contributed by atoms with Crippen molar-refractivity contribution < 1.29 is 18.7 Å². The number of thioether (sulfide) groups is 2. The van der Waals surface area contributed by atoms with Crippen molar-refractivity contribution in [2.45, 2.75) is 50.8 Å². The summed E-state index contributed by atoms with van der Waals surface area (Å²) in [4.78, 5) is 49.0. The van der Waals surface area contributed by atoms with Crippen LogP contribution in [0.15, 0.2) is 52.2 Å². The fourth-order valence-electron chi connectivity index (χ4n) is 3.28. The van der Waals surface area contributed by atoms with Crippen molar-refractivity contribution in [2.75, 3.05) is 19.0 Å². The summed E-state index contributed by atoms with van der Waals surface area (Å²) >= 11 is 2.74. The second-order valence-electron chi connectivity index (χ2n) is 9.16. The topological polar surface area (TPSA) is 123 Å². The van der Waals surface area contributed by atoms with E-state index in [0.29, 0.717) is 12.3 Å². The molecule has 1 aliphatic rings. The van der Waals surface area contributed by atoms with Crippen molar-refractivity contribution in [3.63, 3.8) is 0 Å². The summed E-state index contributed by atoms with van der Waals surface area (Å²) in [5.74, 6) is 0.407. The van der Waals surface area contributed by atoms with Gasteiger partial charge in [-0.1, -0.05) is 62.9 Å². The predicted octanol–water partition coefficient (Wildman–Crippen LogP) is 3.73. The maximum Gasteiger partial charge on any atom is 0.499 e. The number of hydrogen-bond acceptors (Lipinski definition) is 9. The van der Waals surface area contributed by atoms with Gasteiger partial charge in [-0.25, -0.2) is 4.79 Å². The molecule has 192 valence electrons. The quantitative estimate of drug-likeness (QED) is 0.288. The molecule has 9 nitrogen and oxygen atoms in total. The Balaban J connectivity index is 1.56. The molecule has 3 atom stereocenters. The largest absolute Gasteiger partial charge is 0.499 e. The van der Waals surface area contributed by atoms with Crippen LogP contribution in [0.1, 0.15) is 44.6 Å². The lowest BCUT2D eigenvalue weighted by Crippen LogP contribution is -2.29. The molecule has 1 aromatic carbocycles. The Morgan fingerprint density at radius 2 is 1.97 bits per heavy atom. The molecule has 0 saturated carbocycles. The van der Waals surface area contributed by atoms with Crippen molar-refractivity contribution in [1.29, 1.82) is 0 Å². The van der Waals surface area contributed by atoms with Crippen LogP contribution in [0, 0.1) is 5.41 Å². The van der Waals surface area contributed by atoms with Crippen LogP contribution in [0.25, 0.3) is 0 Å². The van der Waals surface area contributed by atoms with E-state index in [9.17, 15) is 19.3 Å². The standard InChI is InChI=1S/C23H32N3O6PS2/c1-23(2,3)21(28)34-14-13-31-33(30,24-15-17-7-5-4-6-8-17)32-16-18-9-10-20(35-18)26-12-11-19(27)25-22(26)29/h4-8,11-12,18,20,24,30H,9-10,13-16H2,1-3H3/p+1. The van der Waals surface area contributed by atoms with Gasteiger partial charge in [0.1, 0.15) is 13.2 Å². The predicted molar refractivity (Wildman–Crippen MR) is 142 cm³/mol. The minimum atomic E-state index is -3.40. The van der Waals surface area contributed by atoms with Crippen LogP contribution in [-0.4, -0.2) is 43.8 Å². The van der Waals surface area contributed by atoms with Crippen LogP contribution < -0.4 is 16.3 Å². The highest BCUT2D eigenvalue weighted by Gasteiger charge is 2.43. The molecule has 1 fully saturated rings. The van der Waals surface area contributed by atoms with Gasteiger partial charge in [-0.2, -0.15) is 13.9 Å². The highest BCUT2D eigenvalue weighted by molar-refractivity contribution is 8.13. The molecular formula is C23H33N3O6PS2+. The Morgan fingerprint density at radius 3 is 2.66 bits per heavy atom. The lowest BCUT2D eigenvalue weighted by molar-refractivity contribution is -0.117. The Morgan fingerprint density at radius 1 is 1.23 bits per heavy atom. The van der Waals surface area contributed by atoms with Crippen LogP contribution in [0.2, 0.25) is 0 Å². The third-order valence-electron chi connectivity index (χ3n) is 5.20. The van der Waals surface area contributed by atoms with Gasteiger partial charge in [0.25, 0.3) is 5.56 Å². The maximum absolute atomic E-state index is 12.2. The molecule has 2 heterocycles. The third-order valence-corrected chi connectivity index (χ3v) is 9.57. The normalized spacial score (nSPS) is 20.0.